The molecule has 1 aromatic rings. The van der Waals surface area contributed by atoms with E-state index < -0.39 is 0 Å². The fourth-order valence-corrected chi connectivity index (χ4v) is 1.82. The molecule has 0 amide bonds. The molecule has 0 atom stereocenters. The predicted octanol–water partition coefficient (Wildman–Crippen LogP) is -1.06. The van der Waals surface area contributed by atoms with E-state index >= 15 is 0 Å². The van der Waals surface area contributed by atoms with Gasteiger partial charge in [0, 0.05) is 6.54 Å². The fourth-order valence-electron chi connectivity index (χ4n) is 1.82. The van der Waals surface area contributed by atoms with Crippen LogP contribution in [0.1, 0.15) is 12.0 Å². The fraction of sp³-hybridized carbons (Fsp3) is 0.625. The Hall–Kier alpha value is -0.810. The van der Waals surface area contributed by atoms with Crippen molar-refractivity contribution in [2.24, 2.45) is 0 Å². The van der Waals surface area contributed by atoms with Gasteiger partial charge in [0.15, 0.2) is 0 Å². The molecule has 21 heavy (non-hydrogen) atoms. The van der Waals surface area contributed by atoms with Gasteiger partial charge in [-0.25, -0.2) is 0 Å². The van der Waals surface area contributed by atoms with E-state index in [-0.39, 0.29) is 12.4 Å². The van der Waals surface area contributed by atoms with Gasteiger partial charge in [-0.1, -0.05) is 12.1 Å². The third kappa shape index (κ3) is 11.5. The Kier molecular flexibility index (Phi) is 12.4. The van der Waals surface area contributed by atoms with Crippen LogP contribution in [0.2, 0.25) is 0 Å². The summed E-state index contributed by atoms with van der Waals surface area (Å²) in [4.78, 5) is 2.20. The zero-order valence-electron chi connectivity index (χ0n) is 13.4. The van der Waals surface area contributed by atoms with E-state index in [1.54, 1.807) is 0 Å². The molecule has 0 radical (unpaired) electrons. The number of rotatable bonds is 11. The highest BCUT2D eigenvalue weighted by molar-refractivity contribution is 5.27. The molecule has 1 N–H and O–H groups in total. The number of halogens is 1. The molecule has 1 aromatic carbocycles. The Labute approximate surface area is 135 Å². The first-order valence-electron chi connectivity index (χ1n) is 7.31. The number of aryl methyl sites for hydroxylation is 1. The van der Waals surface area contributed by atoms with E-state index in [1.165, 1.54) is 12.0 Å². The monoisotopic (exact) mass is 315 g/mol. The molecule has 0 aliphatic heterocycles. The van der Waals surface area contributed by atoms with Gasteiger partial charge in [-0.15, -0.1) is 0 Å². The number of nitrogens with one attached hydrogen (secondary N) is 1. The summed E-state index contributed by atoms with van der Waals surface area (Å²) in [5.74, 6) is 0.912. The van der Waals surface area contributed by atoms with Gasteiger partial charge in [-0.3, -0.25) is 0 Å². The lowest BCUT2D eigenvalue weighted by molar-refractivity contribution is -0.00000516. The van der Waals surface area contributed by atoms with Crippen molar-refractivity contribution in [3.05, 3.63) is 29.8 Å². The van der Waals surface area contributed by atoms with E-state index in [4.69, 9.17) is 9.47 Å². The predicted molar refractivity (Wildman–Crippen MR) is 83.5 cm³/mol. The van der Waals surface area contributed by atoms with Gasteiger partial charge in [-0.05, 0) is 58.2 Å². The van der Waals surface area contributed by atoms with Crippen molar-refractivity contribution in [1.82, 2.24) is 10.2 Å². The van der Waals surface area contributed by atoms with Gasteiger partial charge >= 0.3 is 0 Å². The Morgan fingerprint density at radius 3 is 2.62 bits per heavy atom. The molecule has 5 heteroatoms. The van der Waals surface area contributed by atoms with Crippen LogP contribution in [0, 0.1) is 6.92 Å². The minimum Gasteiger partial charge on any atom is -1.00 e. The molecule has 0 unspecified atom stereocenters. The summed E-state index contributed by atoms with van der Waals surface area (Å²) < 4.78 is 11.1. The summed E-state index contributed by atoms with van der Waals surface area (Å²) in [5.41, 5.74) is 1.21. The molecule has 0 aliphatic carbocycles. The molecular formula is C16H28ClN2O2-. The summed E-state index contributed by atoms with van der Waals surface area (Å²) in [6.45, 7) is 7.10. The van der Waals surface area contributed by atoms with Crippen molar-refractivity contribution in [3.63, 3.8) is 0 Å². The van der Waals surface area contributed by atoms with Crippen molar-refractivity contribution in [1.29, 1.82) is 0 Å². The van der Waals surface area contributed by atoms with Crippen LogP contribution in [0.15, 0.2) is 24.3 Å². The van der Waals surface area contributed by atoms with Crippen molar-refractivity contribution in [2.45, 2.75) is 13.3 Å². The van der Waals surface area contributed by atoms with Gasteiger partial charge < -0.3 is 32.1 Å². The number of nitrogens with zero attached hydrogens (tertiary/aromatic N) is 1. The van der Waals surface area contributed by atoms with Gasteiger partial charge in [0.05, 0.1) is 13.2 Å². The zero-order chi connectivity index (χ0) is 14.6. The normalized spacial score (nSPS) is 10.5. The van der Waals surface area contributed by atoms with Gasteiger partial charge in [0.2, 0.25) is 0 Å². The maximum atomic E-state index is 5.61. The van der Waals surface area contributed by atoms with E-state index in [9.17, 15) is 0 Å². The van der Waals surface area contributed by atoms with Gasteiger partial charge in [-0.2, -0.15) is 0 Å². The molecule has 0 fully saturated rings. The molecule has 0 aliphatic rings. The minimum atomic E-state index is 0. The quantitative estimate of drug-likeness (QED) is 0.528. The second-order valence-corrected chi connectivity index (χ2v) is 5.18. The van der Waals surface area contributed by atoms with Crippen LogP contribution in [0.4, 0.5) is 0 Å². The lowest BCUT2D eigenvalue weighted by atomic mass is 10.2. The Morgan fingerprint density at radius 1 is 1.10 bits per heavy atom. The highest BCUT2D eigenvalue weighted by atomic mass is 35.5. The summed E-state index contributed by atoms with van der Waals surface area (Å²) in [6.07, 6.45) is 1.17. The van der Waals surface area contributed by atoms with Crippen molar-refractivity contribution in [3.8, 4) is 5.75 Å². The second kappa shape index (κ2) is 12.9. The molecule has 0 heterocycles. The highest BCUT2D eigenvalue weighted by Gasteiger charge is 1.95. The van der Waals surface area contributed by atoms with Crippen LogP contribution in [-0.4, -0.2) is 58.5 Å². The maximum absolute atomic E-state index is 5.61. The Balaban J connectivity index is 0.00000400. The summed E-state index contributed by atoms with van der Waals surface area (Å²) >= 11 is 0. The van der Waals surface area contributed by atoms with Crippen LogP contribution in [0.25, 0.3) is 0 Å². The van der Waals surface area contributed by atoms with E-state index in [1.807, 2.05) is 18.2 Å². The number of hydrogen-bond acceptors (Lipinski definition) is 4. The average Bonchev–Trinajstić information content (AvgIpc) is 2.40. The highest BCUT2D eigenvalue weighted by Crippen LogP contribution is 2.11. The third-order valence-corrected chi connectivity index (χ3v) is 2.87. The molecule has 0 saturated heterocycles. The van der Waals surface area contributed by atoms with Crippen molar-refractivity contribution in [2.75, 3.05) is 53.6 Å². The van der Waals surface area contributed by atoms with Crippen molar-refractivity contribution >= 4 is 0 Å². The van der Waals surface area contributed by atoms with Crippen LogP contribution >= 0.6 is 0 Å². The lowest BCUT2D eigenvalue weighted by Crippen LogP contribution is -3.00. The van der Waals surface area contributed by atoms with Crippen LogP contribution in [-0.2, 0) is 4.74 Å². The van der Waals surface area contributed by atoms with Crippen LogP contribution < -0.4 is 22.5 Å². The van der Waals surface area contributed by atoms with Crippen LogP contribution in [0.5, 0.6) is 5.75 Å². The van der Waals surface area contributed by atoms with E-state index in [0.717, 1.165) is 32.0 Å². The number of hydrogen-bond donors (Lipinski definition) is 1. The smallest absolute Gasteiger partial charge is 0.119 e. The molecule has 0 spiro atoms. The zero-order valence-corrected chi connectivity index (χ0v) is 14.2. The average molecular weight is 316 g/mol. The molecule has 0 aromatic heterocycles. The summed E-state index contributed by atoms with van der Waals surface area (Å²) in [5, 5.41) is 3.36. The maximum Gasteiger partial charge on any atom is 0.119 e. The largest absolute Gasteiger partial charge is 1.00 e. The number of ether oxygens (including phenoxy) is 2. The molecular weight excluding hydrogens is 288 g/mol. The topological polar surface area (TPSA) is 33.7 Å². The number of benzene rings is 1. The SMILES string of the molecule is Cc1cccc(OCCOCCNCCCN(C)C)c1.[Cl-]. The second-order valence-electron chi connectivity index (χ2n) is 5.18. The molecule has 122 valence electrons. The summed E-state index contributed by atoms with van der Waals surface area (Å²) in [6, 6.07) is 8.07. The molecule has 1 rings (SSSR count). The Morgan fingerprint density at radius 2 is 1.90 bits per heavy atom. The first-order valence-corrected chi connectivity index (χ1v) is 7.31. The van der Waals surface area contributed by atoms with Gasteiger partial charge in [0.1, 0.15) is 12.4 Å². The molecule has 0 saturated carbocycles. The van der Waals surface area contributed by atoms with Crippen LogP contribution in [0.3, 0.4) is 0 Å². The first-order chi connectivity index (χ1) is 9.68. The van der Waals surface area contributed by atoms with Crippen molar-refractivity contribution < 1.29 is 21.9 Å². The summed E-state index contributed by atoms with van der Waals surface area (Å²) in [7, 11) is 4.19. The Bertz CT molecular complexity index is 362. The standard InChI is InChI=1S/C16H28N2O2.ClH/c1-15-6-4-7-16(14-15)20-13-12-19-11-9-17-8-5-10-18(2)3;/h4,6-7,14,17H,5,8-13H2,1-3H3;1H/p-1. The first kappa shape index (κ1) is 20.2. The lowest BCUT2D eigenvalue weighted by Gasteiger charge is -2.10. The van der Waals surface area contributed by atoms with Gasteiger partial charge in [0.25, 0.3) is 0 Å². The molecule has 4 nitrogen and oxygen atoms in total. The third-order valence-electron chi connectivity index (χ3n) is 2.87. The van der Waals surface area contributed by atoms with E-state index in [0.29, 0.717) is 13.2 Å². The van der Waals surface area contributed by atoms with E-state index in [2.05, 4.69) is 37.3 Å². The minimum absolute atomic E-state index is 0. The molecule has 0 bridgehead atoms.